The van der Waals surface area contributed by atoms with E-state index in [-0.39, 0.29) is 10.8 Å². The van der Waals surface area contributed by atoms with E-state index in [4.69, 9.17) is 4.74 Å². The van der Waals surface area contributed by atoms with Crippen molar-refractivity contribution in [3.05, 3.63) is 30.1 Å². The number of hydrogen-bond acceptors (Lipinski definition) is 5. The van der Waals surface area contributed by atoms with E-state index in [1.807, 2.05) is 0 Å². The summed E-state index contributed by atoms with van der Waals surface area (Å²) in [5.74, 6) is -0.366. The van der Waals surface area contributed by atoms with Crippen molar-refractivity contribution in [2.45, 2.75) is 30.6 Å². The Kier molecular flexibility index (Phi) is 7.99. The summed E-state index contributed by atoms with van der Waals surface area (Å²) in [7, 11) is -3.80. The predicted octanol–water partition coefficient (Wildman–Crippen LogP) is 1.46. The van der Waals surface area contributed by atoms with Crippen molar-refractivity contribution < 1.29 is 22.3 Å². The summed E-state index contributed by atoms with van der Waals surface area (Å²) >= 11 is 0. The molecule has 0 saturated carbocycles. The minimum Gasteiger partial charge on any atom is -0.379 e. The Labute approximate surface area is 172 Å². The van der Waals surface area contributed by atoms with Crippen LogP contribution in [0.2, 0.25) is 0 Å². The SMILES string of the molecule is O=C(CCC1CCN(S(=O)(=O)c2ccccc2F)CC1)NCCN1CCOCC1. The summed E-state index contributed by atoms with van der Waals surface area (Å²) in [5, 5.41) is 2.96. The minimum atomic E-state index is -3.80. The molecule has 0 aliphatic carbocycles. The number of halogens is 1. The second-order valence-corrected chi connectivity index (χ2v) is 9.53. The maximum atomic E-state index is 13.9. The van der Waals surface area contributed by atoms with Crippen LogP contribution in [0.1, 0.15) is 25.7 Å². The molecule has 3 rings (SSSR count). The molecule has 2 heterocycles. The summed E-state index contributed by atoms with van der Waals surface area (Å²) in [5.41, 5.74) is 0. The first-order chi connectivity index (χ1) is 14.0. The van der Waals surface area contributed by atoms with E-state index in [0.29, 0.717) is 44.8 Å². The lowest BCUT2D eigenvalue weighted by atomic mass is 9.93. The molecule has 1 N–H and O–H groups in total. The number of piperidine rings is 1. The number of morpholine rings is 1. The van der Waals surface area contributed by atoms with Crippen molar-refractivity contribution in [1.29, 1.82) is 0 Å². The van der Waals surface area contributed by atoms with Crippen LogP contribution in [-0.2, 0) is 19.6 Å². The molecule has 0 radical (unpaired) electrons. The number of nitrogens with one attached hydrogen (secondary N) is 1. The minimum absolute atomic E-state index is 0.0414. The molecule has 2 aliphatic rings. The van der Waals surface area contributed by atoms with Gasteiger partial charge in [-0.2, -0.15) is 4.31 Å². The molecule has 0 unspecified atom stereocenters. The number of carbonyl (C=O) groups excluding carboxylic acids is 1. The van der Waals surface area contributed by atoms with Gasteiger partial charge in [-0.05, 0) is 37.3 Å². The van der Waals surface area contributed by atoms with Crippen molar-refractivity contribution in [1.82, 2.24) is 14.5 Å². The number of hydrogen-bond donors (Lipinski definition) is 1. The fourth-order valence-corrected chi connectivity index (χ4v) is 5.37. The Morgan fingerprint density at radius 1 is 1.14 bits per heavy atom. The Morgan fingerprint density at radius 3 is 2.52 bits per heavy atom. The third kappa shape index (κ3) is 6.21. The topological polar surface area (TPSA) is 79.0 Å². The molecule has 2 fully saturated rings. The van der Waals surface area contributed by atoms with Gasteiger partial charge >= 0.3 is 0 Å². The molecule has 162 valence electrons. The van der Waals surface area contributed by atoms with Crippen LogP contribution in [0.15, 0.2) is 29.2 Å². The van der Waals surface area contributed by atoms with Gasteiger partial charge in [0.05, 0.1) is 13.2 Å². The zero-order valence-electron chi connectivity index (χ0n) is 16.7. The highest BCUT2D eigenvalue weighted by Gasteiger charge is 2.31. The van der Waals surface area contributed by atoms with Crippen LogP contribution >= 0.6 is 0 Å². The highest BCUT2D eigenvalue weighted by atomic mass is 32.2. The van der Waals surface area contributed by atoms with E-state index < -0.39 is 15.8 Å². The highest BCUT2D eigenvalue weighted by Crippen LogP contribution is 2.27. The number of benzene rings is 1. The Balaban J connectivity index is 1.36. The van der Waals surface area contributed by atoms with Crippen LogP contribution in [0, 0.1) is 11.7 Å². The molecule has 1 amide bonds. The van der Waals surface area contributed by atoms with Gasteiger partial charge in [0.25, 0.3) is 0 Å². The van der Waals surface area contributed by atoms with Gasteiger partial charge in [-0.3, -0.25) is 9.69 Å². The van der Waals surface area contributed by atoms with Crippen LogP contribution in [0.25, 0.3) is 0 Å². The summed E-state index contributed by atoms with van der Waals surface area (Å²) in [6.45, 7) is 5.51. The Bertz CT molecular complexity index is 776. The zero-order chi connectivity index (χ0) is 20.7. The van der Waals surface area contributed by atoms with E-state index in [1.54, 1.807) is 0 Å². The summed E-state index contributed by atoms with van der Waals surface area (Å²) in [6, 6.07) is 5.47. The van der Waals surface area contributed by atoms with Crippen LogP contribution in [0.4, 0.5) is 4.39 Å². The van der Waals surface area contributed by atoms with E-state index in [0.717, 1.165) is 45.3 Å². The third-order valence-corrected chi connectivity index (χ3v) is 7.59. The normalized spacial score (nSPS) is 19.9. The molecule has 0 spiro atoms. The van der Waals surface area contributed by atoms with Gasteiger partial charge < -0.3 is 10.1 Å². The van der Waals surface area contributed by atoms with E-state index in [1.165, 1.54) is 22.5 Å². The van der Waals surface area contributed by atoms with Gasteiger partial charge in [0, 0.05) is 45.7 Å². The zero-order valence-corrected chi connectivity index (χ0v) is 17.5. The van der Waals surface area contributed by atoms with Gasteiger partial charge in [0.1, 0.15) is 10.7 Å². The monoisotopic (exact) mass is 427 g/mol. The lowest BCUT2D eigenvalue weighted by Crippen LogP contribution is -2.41. The molecule has 2 aliphatic heterocycles. The molecule has 1 aromatic carbocycles. The van der Waals surface area contributed by atoms with Crippen molar-refractivity contribution >= 4 is 15.9 Å². The second kappa shape index (κ2) is 10.5. The number of sulfonamides is 1. The van der Waals surface area contributed by atoms with Crippen LogP contribution in [0.5, 0.6) is 0 Å². The maximum absolute atomic E-state index is 13.9. The van der Waals surface area contributed by atoms with Crippen LogP contribution < -0.4 is 5.32 Å². The molecular weight excluding hydrogens is 397 g/mol. The summed E-state index contributed by atoms with van der Waals surface area (Å²) in [4.78, 5) is 14.1. The van der Waals surface area contributed by atoms with Crippen LogP contribution in [0.3, 0.4) is 0 Å². The highest BCUT2D eigenvalue weighted by molar-refractivity contribution is 7.89. The molecule has 0 aromatic heterocycles. The van der Waals surface area contributed by atoms with Gasteiger partial charge in [-0.15, -0.1) is 0 Å². The number of ether oxygens (including phenoxy) is 1. The van der Waals surface area contributed by atoms with Crippen molar-refractivity contribution in [3.8, 4) is 0 Å². The average Bonchev–Trinajstić information content (AvgIpc) is 2.73. The van der Waals surface area contributed by atoms with Crippen LogP contribution in [-0.4, -0.2) is 76.0 Å². The fraction of sp³-hybridized carbons (Fsp3) is 0.650. The number of rotatable bonds is 8. The van der Waals surface area contributed by atoms with E-state index >= 15 is 0 Å². The first-order valence-corrected chi connectivity index (χ1v) is 11.7. The molecule has 29 heavy (non-hydrogen) atoms. The second-order valence-electron chi connectivity index (χ2n) is 7.62. The number of amides is 1. The molecule has 7 nitrogen and oxygen atoms in total. The number of carbonyl (C=O) groups is 1. The van der Waals surface area contributed by atoms with Crippen molar-refractivity contribution in [2.24, 2.45) is 5.92 Å². The molecule has 0 bridgehead atoms. The molecule has 0 atom stereocenters. The Hall–Kier alpha value is -1.55. The summed E-state index contributed by atoms with van der Waals surface area (Å²) < 4.78 is 45.8. The lowest BCUT2D eigenvalue weighted by Gasteiger charge is -2.31. The van der Waals surface area contributed by atoms with Gasteiger partial charge in [-0.1, -0.05) is 12.1 Å². The summed E-state index contributed by atoms with van der Waals surface area (Å²) in [6.07, 6.45) is 2.58. The van der Waals surface area contributed by atoms with Crippen molar-refractivity contribution in [3.63, 3.8) is 0 Å². The lowest BCUT2D eigenvalue weighted by molar-refractivity contribution is -0.121. The van der Waals surface area contributed by atoms with Gasteiger partial charge in [0.2, 0.25) is 15.9 Å². The molecular formula is C20H30FN3O4S. The van der Waals surface area contributed by atoms with E-state index in [2.05, 4.69) is 10.2 Å². The molecule has 2 saturated heterocycles. The quantitative estimate of drug-likeness (QED) is 0.680. The molecule has 1 aromatic rings. The van der Waals surface area contributed by atoms with E-state index in [9.17, 15) is 17.6 Å². The first kappa shape index (κ1) is 22.1. The standard InChI is InChI=1S/C20H30FN3O4S/c21-18-3-1-2-4-19(18)29(26,27)24-10-7-17(8-11-24)5-6-20(25)22-9-12-23-13-15-28-16-14-23/h1-4,17H,5-16H2,(H,22,25). The van der Waals surface area contributed by atoms with Gasteiger partial charge in [-0.25, -0.2) is 12.8 Å². The Morgan fingerprint density at radius 2 is 1.83 bits per heavy atom. The first-order valence-electron chi connectivity index (χ1n) is 10.3. The average molecular weight is 428 g/mol. The third-order valence-electron chi connectivity index (χ3n) is 5.66. The fourth-order valence-electron chi connectivity index (χ4n) is 3.83. The number of nitrogens with zero attached hydrogens (tertiary/aromatic N) is 2. The maximum Gasteiger partial charge on any atom is 0.245 e. The smallest absolute Gasteiger partial charge is 0.245 e. The largest absolute Gasteiger partial charge is 0.379 e. The predicted molar refractivity (Wildman–Crippen MR) is 107 cm³/mol. The van der Waals surface area contributed by atoms with Crippen molar-refractivity contribution in [2.75, 3.05) is 52.5 Å². The van der Waals surface area contributed by atoms with Gasteiger partial charge in [0.15, 0.2) is 0 Å². The molecule has 9 heteroatoms.